The van der Waals surface area contributed by atoms with E-state index in [-0.39, 0.29) is 11.7 Å². The molecule has 1 aliphatic carbocycles. The number of phenolic OH excluding ortho intramolecular Hbond substituents is 1. The highest BCUT2D eigenvalue weighted by Gasteiger charge is 2.22. The van der Waals surface area contributed by atoms with Gasteiger partial charge in [0.2, 0.25) is 5.91 Å². The van der Waals surface area contributed by atoms with E-state index in [2.05, 4.69) is 12.2 Å². The minimum absolute atomic E-state index is 0.0855. The number of amides is 1. The minimum atomic E-state index is -0.529. The lowest BCUT2D eigenvalue weighted by atomic mass is 10.0. The molecule has 0 aromatic heterocycles. The molecule has 0 heterocycles. The molecule has 4 nitrogen and oxygen atoms in total. The number of nitrogens with two attached hydrogens (primary N) is 1. The molecule has 110 valence electrons. The Labute approximate surface area is 120 Å². The summed E-state index contributed by atoms with van der Waals surface area (Å²) in [4.78, 5) is 12.0. The molecule has 0 aliphatic heterocycles. The molecule has 0 radical (unpaired) electrons. The fourth-order valence-corrected chi connectivity index (χ4v) is 2.87. The van der Waals surface area contributed by atoms with Crippen LogP contribution in [0.15, 0.2) is 24.3 Å². The molecule has 2 rings (SSSR count). The number of aromatic hydroxyl groups is 1. The van der Waals surface area contributed by atoms with Gasteiger partial charge in [-0.1, -0.05) is 25.5 Å². The Bertz CT molecular complexity index is 444. The summed E-state index contributed by atoms with van der Waals surface area (Å²) in [5.41, 5.74) is 6.88. The number of carbonyl (C=O) groups excluding carboxylic acids is 1. The van der Waals surface area contributed by atoms with Crippen molar-refractivity contribution in [2.24, 2.45) is 17.6 Å². The van der Waals surface area contributed by atoms with E-state index in [4.69, 9.17) is 5.73 Å². The summed E-state index contributed by atoms with van der Waals surface area (Å²) in [6, 6.07) is 6.28. The Morgan fingerprint density at radius 3 is 2.70 bits per heavy atom. The van der Waals surface area contributed by atoms with Gasteiger partial charge in [0.1, 0.15) is 5.75 Å². The number of benzene rings is 1. The molecule has 1 amide bonds. The van der Waals surface area contributed by atoms with Crippen LogP contribution < -0.4 is 11.1 Å². The molecular formula is C16H24N2O2. The second kappa shape index (κ2) is 6.75. The third kappa shape index (κ3) is 4.23. The van der Waals surface area contributed by atoms with Gasteiger partial charge in [-0.3, -0.25) is 4.79 Å². The zero-order chi connectivity index (χ0) is 14.5. The Hall–Kier alpha value is -1.55. The summed E-state index contributed by atoms with van der Waals surface area (Å²) < 4.78 is 0. The zero-order valence-electron chi connectivity index (χ0n) is 12.0. The zero-order valence-corrected chi connectivity index (χ0v) is 12.0. The average Bonchev–Trinajstić information content (AvgIpc) is 2.84. The first-order chi connectivity index (χ1) is 9.54. The Balaban J connectivity index is 1.75. The Morgan fingerprint density at radius 1 is 1.40 bits per heavy atom. The number of hydrogen-bond acceptors (Lipinski definition) is 3. The molecule has 1 aliphatic rings. The van der Waals surface area contributed by atoms with Gasteiger partial charge in [-0.15, -0.1) is 0 Å². The monoisotopic (exact) mass is 276 g/mol. The lowest BCUT2D eigenvalue weighted by Crippen LogP contribution is -2.43. The molecule has 0 saturated heterocycles. The quantitative estimate of drug-likeness (QED) is 0.768. The van der Waals surface area contributed by atoms with Crippen LogP contribution in [0.25, 0.3) is 0 Å². The van der Waals surface area contributed by atoms with Crippen LogP contribution in [0, 0.1) is 11.8 Å². The Kier molecular flexibility index (Phi) is 5.01. The summed E-state index contributed by atoms with van der Waals surface area (Å²) in [7, 11) is 0. The van der Waals surface area contributed by atoms with Gasteiger partial charge in [-0.05, 0) is 48.8 Å². The summed E-state index contributed by atoms with van der Waals surface area (Å²) in [6.45, 7) is 3.00. The number of phenols is 1. The molecule has 1 aromatic rings. The van der Waals surface area contributed by atoms with Crippen LogP contribution >= 0.6 is 0 Å². The summed E-state index contributed by atoms with van der Waals surface area (Å²) in [5, 5.41) is 12.2. The van der Waals surface area contributed by atoms with Crippen LogP contribution in [0.2, 0.25) is 0 Å². The van der Waals surface area contributed by atoms with Crippen LogP contribution in [0.3, 0.4) is 0 Å². The molecule has 0 bridgehead atoms. The highest BCUT2D eigenvalue weighted by Crippen LogP contribution is 2.29. The van der Waals surface area contributed by atoms with Gasteiger partial charge in [0.15, 0.2) is 0 Å². The minimum Gasteiger partial charge on any atom is -0.508 e. The second-order valence-electron chi connectivity index (χ2n) is 6.01. The third-order valence-electron chi connectivity index (χ3n) is 4.10. The molecule has 3 atom stereocenters. The van der Waals surface area contributed by atoms with Gasteiger partial charge in [0.05, 0.1) is 6.04 Å². The van der Waals surface area contributed by atoms with Crippen molar-refractivity contribution in [3.8, 4) is 5.75 Å². The average molecular weight is 276 g/mol. The number of rotatable bonds is 5. The fourth-order valence-electron chi connectivity index (χ4n) is 2.87. The summed E-state index contributed by atoms with van der Waals surface area (Å²) >= 11 is 0. The van der Waals surface area contributed by atoms with E-state index < -0.39 is 6.04 Å². The van der Waals surface area contributed by atoms with E-state index >= 15 is 0 Å². The fraction of sp³-hybridized carbons (Fsp3) is 0.562. The molecule has 4 N–H and O–H groups in total. The van der Waals surface area contributed by atoms with Crippen LogP contribution in [-0.4, -0.2) is 23.6 Å². The van der Waals surface area contributed by atoms with Gasteiger partial charge in [-0.25, -0.2) is 0 Å². The van der Waals surface area contributed by atoms with Crippen molar-refractivity contribution >= 4 is 5.91 Å². The number of hydrogen-bond donors (Lipinski definition) is 3. The second-order valence-corrected chi connectivity index (χ2v) is 6.01. The van der Waals surface area contributed by atoms with Crippen molar-refractivity contribution in [1.82, 2.24) is 5.32 Å². The summed E-state index contributed by atoms with van der Waals surface area (Å²) in [5.74, 6) is 1.53. The molecule has 2 unspecified atom stereocenters. The SMILES string of the molecule is CC1CCC(CNC(=O)[C@@H](N)Cc2ccc(O)cc2)C1. The van der Waals surface area contributed by atoms with Crippen LogP contribution in [0.5, 0.6) is 5.75 Å². The predicted octanol–water partition coefficient (Wildman–Crippen LogP) is 1.81. The molecular weight excluding hydrogens is 252 g/mol. The molecule has 1 aromatic carbocycles. The van der Waals surface area contributed by atoms with E-state index in [0.717, 1.165) is 18.0 Å². The molecule has 1 fully saturated rings. The first kappa shape index (κ1) is 14.9. The van der Waals surface area contributed by atoms with Gasteiger partial charge >= 0.3 is 0 Å². The van der Waals surface area contributed by atoms with E-state index in [1.54, 1.807) is 24.3 Å². The van der Waals surface area contributed by atoms with E-state index in [1.807, 2.05) is 0 Å². The first-order valence-electron chi connectivity index (χ1n) is 7.36. The number of carbonyl (C=O) groups is 1. The van der Waals surface area contributed by atoms with Crippen molar-refractivity contribution in [2.45, 2.75) is 38.6 Å². The Morgan fingerprint density at radius 2 is 2.10 bits per heavy atom. The van der Waals surface area contributed by atoms with Gasteiger partial charge in [0, 0.05) is 6.54 Å². The van der Waals surface area contributed by atoms with Crippen molar-refractivity contribution in [3.63, 3.8) is 0 Å². The standard InChI is InChI=1S/C16H24N2O2/c1-11-2-3-13(8-11)10-18-16(20)15(17)9-12-4-6-14(19)7-5-12/h4-7,11,13,15,19H,2-3,8-10,17H2,1H3,(H,18,20)/t11?,13?,15-/m0/s1. The molecule has 4 heteroatoms. The van der Waals surface area contributed by atoms with Crippen LogP contribution in [0.4, 0.5) is 0 Å². The lowest BCUT2D eigenvalue weighted by molar-refractivity contribution is -0.122. The smallest absolute Gasteiger partial charge is 0.237 e. The van der Waals surface area contributed by atoms with Crippen molar-refractivity contribution < 1.29 is 9.90 Å². The van der Waals surface area contributed by atoms with Crippen molar-refractivity contribution in [1.29, 1.82) is 0 Å². The van der Waals surface area contributed by atoms with E-state index in [1.165, 1.54) is 19.3 Å². The normalized spacial score (nSPS) is 23.5. The highest BCUT2D eigenvalue weighted by molar-refractivity contribution is 5.81. The van der Waals surface area contributed by atoms with Crippen molar-refractivity contribution in [3.05, 3.63) is 29.8 Å². The van der Waals surface area contributed by atoms with Gasteiger partial charge < -0.3 is 16.2 Å². The third-order valence-corrected chi connectivity index (χ3v) is 4.10. The van der Waals surface area contributed by atoms with Crippen LogP contribution in [0.1, 0.15) is 31.7 Å². The van der Waals surface area contributed by atoms with Crippen LogP contribution in [-0.2, 0) is 11.2 Å². The topological polar surface area (TPSA) is 75.4 Å². The van der Waals surface area contributed by atoms with Gasteiger partial charge in [0.25, 0.3) is 0 Å². The molecule has 20 heavy (non-hydrogen) atoms. The maximum atomic E-state index is 12.0. The maximum absolute atomic E-state index is 12.0. The molecule has 0 spiro atoms. The predicted molar refractivity (Wildman–Crippen MR) is 79.3 cm³/mol. The number of nitrogens with one attached hydrogen (secondary N) is 1. The lowest BCUT2D eigenvalue weighted by Gasteiger charge is -2.15. The highest BCUT2D eigenvalue weighted by atomic mass is 16.3. The first-order valence-corrected chi connectivity index (χ1v) is 7.36. The van der Waals surface area contributed by atoms with E-state index in [9.17, 15) is 9.90 Å². The summed E-state index contributed by atoms with van der Waals surface area (Å²) in [6.07, 6.45) is 4.16. The van der Waals surface area contributed by atoms with Crippen molar-refractivity contribution in [2.75, 3.05) is 6.54 Å². The largest absolute Gasteiger partial charge is 0.508 e. The maximum Gasteiger partial charge on any atom is 0.237 e. The van der Waals surface area contributed by atoms with E-state index in [0.29, 0.717) is 12.3 Å². The van der Waals surface area contributed by atoms with Gasteiger partial charge in [-0.2, -0.15) is 0 Å². The molecule has 1 saturated carbocycles.